The van der Waals surface area contributed by atoms with Gasteiger partial charge in [0.25, 0.3) is 0 Å². The molecule has 43 heavy (non-hydrogen) atoms. The van der Waals surface area contributed by atoms with Crippen molar-refractivity contribution in [1.29, 1.82) is 0 Å². The highest BCUT2D eigenvalue weighted by atomic mass is 35.5. The summed E-state index contributed by atoms with van der Waals surface area (Å²) in [6.45, 7) is 4.35. The number of azide groups is 1. The predicted octanol–water partition coefficient (Wildman–Crippen LogP) is 8.12. The van der Waals surface area contributed by atoms with E-state index in [0.717, 1.165) is 81.9 Å². The van der Waals surface area contributed by atoms with Crippen molar-refractivity contribution < 1.29 is 14.2 Å². The van der Waals surface area contributed by atoms with Crippen molar-refractivity contribution in [3.8, 4) is 22.9 Å². The van der Waals surface area contributed by atoms with Crippen LogP contribution in [0.3, 0.4) is 0 Å². The Morgan fingerprint density at radius 3 is 2.65 bits per heavy atom. The van der Waals surface area contributed by atoms with Gasteiger partial charge in [0, 0.05) is 42.0 Å². The largest absolute Gasteiger partial charge is 0.508 e. The van der Waals surface area contributed by atoms with Gasteiger partial charge in [-0.25, -0.2) is 4.39 Å². The molecule has 1 aliphatic rings. The Bertz CT molecular complexity index is 1620. The number of fused-ring (bicyclic) bond motifs is 2. The van der Waals surface area contributed by atoms with Crippen LogP contribution in [-0.2, 0) is 0 Å². The van der Waals surface area contributed by atoms with Crippen LogP contribution in [0.1, 0.15) is 44.9 Å². The Balaban J connectivity index is 1.40. The summed E-state index contributed by atoms with van der Waals surface area (Å²) < 4.78 is 22.6. The van der Waals surface area contributed by atoms with Gasteiger partial charge >= 0.3 is 6.01 Å². The predicted molar refractivity (Wildman–Crippen MR) is 171 cm³/mol. The summed E-state index contributed by atoms with van der Waals surface area (Å²) >= 11 is 6.80. The molecule has 3 aromatic carbocycles. The van der Waals surface area contributed by atoms with Crippen LogP contribution >= 0.6 is 11.6 Å². The number of nitrogens with zero attached hydrogens (tertiary/aromatic N) is 7. The number of piperidine rings is 1. The Morgan fingerprint density at radius 1 is 1.05 bits per heavy atom. The molecule has 1 N–H and O–H groups in total. The molecule has 0 aliphatic carbocycles. The summed E-state index contributed by atoms with van der Waals surface area (Å²) in [4.78, 5) is 16.5. The third-order valence-corrected chi connectivity index (χ3v) is 8.19. The number of hydrogen-bond acceptors (Lipinski definition) is 7. The fourth-order valence-corrected chi connectivity index (χ4v) is 6.01. The first-order chi connectivity index (χ1) is 21.0. The highest BCUT2D eigenvalue weighted by Gasteiger charge is 2.24. The normalized spacial score (nSPS) is 13.5. The standard InChI is InChI=1S/C32H37ClFN7O2/c1-40(14-7-2-6-13-36-39-35)15-10-18-43-32-37-30-26(31(38-32)41-16-8-3-9-17-41)21-27(33)28(29(30)34)25-20-23(42)19-22-11-4-5-12-24(22)25/h4-5,11-12,19-21,42H,2-3,6-10,13-18H2,1H3. The molecule has 4 aromatic rings. The van der Waals surface area contributed by atoms with Crippen molar-refractivity contribution >= 4 is 39.1 Å². The summed E-state index contributed by atoms with van der Waals surface area (Å²) in [5, 5.41) is 16.4. The molecule has 0 bridgehead atoms. The lowest BCUT2D eigenvalue weighted by Gasteiger charge is -2.29. The van der Waals surface area contributed by atoms with Gasteiger partial charge in [0.05, 0.1) is 11.6 Å². The lowest BCUT2D eigenvalue weighted by atomic mass is 9.96. The van der Waals surface area contributed by atoms with Gasteiger partial charge in [-0.1, -0.05) is 47.4 Å². The maximum absolute atomic E-state index is 16.6. The number of anilines is 1. The SMILES string of the molecule is CN(CCCCCN=[N+]=[N-])CCCOc1nc(N2CCCCC2)c2cc(Cl)c(-c3cc(O)cc4ccccc34)c(F)c2n1. The van der Waals surface area contributed by atoms with Crippen LogP contribution in [0.4, 0.5) is 10.2 Å². The number of unbranched alkanes of at least 4 members (excludes halogenated alkanes) is 2. The van der Waals surface area contributed by atoms with Crippen LogP contribution in [0.15, 0.2) is 47.6 Å². The van der Waals surface area contributed by atoms with Crippen LogP contribution in [0.2, 0.25) is 5.02 Å². The number of ether oxygens (including phenoxy) is 1. The maximum atomic E-state index is 16.6. The van der Waals surface area contributed by atoms with Gasteiger partial charge in [-0.05, 0) is 92.2 Å². The first-order valence-corrected chi connectivity index (χ1v) is 15.3. The molecule has 11 heteroatoms. The van der Waals surface area contributed by atoms with E-state index < -0.39 is 5.82 Å². The topological polar surface area (TPSA) is 110 Å². The smallest absolute Gasteiger partial charge is 0.319 e. The minimum absolute atomic E-state index is 0.0307. The second-order valence-corrected chi connectivity index (χ2v) is 11.5. The molecular weight excluding hydrogens is 569 g/mol. The molecule has 0 spiro atoms. The van der Waals surface area contributed by atoms with Gasteiger partial charge < -0.3 is 19.6 Å². The van der Waals surface area contributed by atoms with E-state index in [1.165, 1.54) is 0 Å². The molecular formula is C32H37ClFN7O2. The second kappa shape index (κ2) is 14.6. The Morgan fingerprint density at radius 2 is 1.84 bits per heavy atom. The molecule has 1 aliphatic heterocycles. The Hall–Kier alpha value is -3.85. The molecule has 0 unspecified atom stereocenters. The summed E-state index contributed by atoms with van der Waals surface area (Å²) in [6.07, 6.45) is 6.91. The fraction of sp³-hybridized carbons (Fsp3) is 0.438. The highest BCUT2D eigenvalue weighted by molar-refractivity contribution is 6.35. The number of phenolic OH excluding ortho intramolecular Hbond substituents is 1. The van der Waals surface area contributed by atoms with E-state index >= 15 is 4.39 Å². The molecule has 9 nitrogen and oxygen atoms in total. The van der Waals surface area contributed by atoms with Crippen LogP contribution in [-0.4, -0.2) is 66.4 Å². The van der Waals surface area contributed by atoms with Crippen molar-refractivity contribution in [2.24, 2.45) is 5.11 Å². The molecule has 2 heterocycles. The molecule has 1 saturated heterocycles. The summed E-state index contributed by atoms with van der Waals surface area (Å²) in [6, 6.07) is 12.6. The first-order valence-electron chi connectivity index (χ1n) is 15.0. The lowest BCUT2D eigenvalue weighted by molar-refractivity contribution is 0.248. The zero-order valence-corrected chi connectivity index (χ0v) is 25.2. The zero-order chi connectivity index (χ0) is 30.2. The van der Waals surface area contributed by atoms with Crippen molar-refractivity contribution in [1.82, 2.24) is 14.9 Å². The van der Waals surface area contributed by atoms with Gasteiger partial charge in [-0.3, -0.25) is 0 Å². The van der Waals surface area contributed by atoms with E-state index in [-0.39, 0.29) is 27.9 Å². The number of aromatic hydroxyl groups is 1. The maximum Gasteiger partial charge on any atom is 0.319 e. The Kier molecular flexibility index (Phi) is 10.4. The van der Waals surface area contributed by atoms with Crippen LogP contribution < -0.4 is 9.64 Å². The molecule has 5 rings (SSSR count). The molecule has 0 amide bonds. The van der Waals surface area contributed by atoms with Crippen molar-refractivity contribution in [3.05, 3.63) is 63.7 Å². The minimum atomic E-state index is -0.566. The first kappa shape index (κ1) is 30.6. The average Bonchev–Trinajstić information content (AvgIpc) is 3.01. The molecule has 226 valence electrons. The summed E-state index contributed by atoms with van der Waals surface area (Å²) in [5.41, 5.74) is 9.21. The number of halogens is 2. The minimum Gasteiger partial charge on any atom is -0.508 e. The van der Waals surface area contributed by atoms with Gasteiger partial charge in [0.1, 0.15) is 17.1 Å². The Labute approximate surface area is 255 Å². The van der Waals surface area contributed by atoms with E-state index in [0.29, 0.717) is 29.9 Å². The summed E-state index contributed by atoms with van der Waals surface area (Å²) in [7, 11) is 2.07. The molecule has 0 radical (unpaired) electrons. The van der Waals surface area contributed by atoms with Crippen molar-refractivity contribution in [2.45, 2.75) is 44.9 Å². The van der Waals surface area contributed by atoms with Gasteiger partial charge in [0.2, 0.25) is 0 Å². The van der Waals surface area contributed by atoms with Crippen LogP contribution in [0.25, 0.3) is 43.2 Å². The van der Waals surface area contributed by atoms with E-state index in [4.69, 9.17) is 26.9 Å². The van der Waals surface area contributed by atoms with E-state index in [9.17, 15) is 5.11 Å². The number of phenols is 1. The van der Waals surface area contributed by atoms with Gasteiger partial charge in [0.15, 0.2) is 5.82 Å². The second-order valence-electron chi connectivity index (χ2n) is 11.1. The average molecular weight is 606 g/mol. The number of aromatic nitrogens is 2. The quantitative estimate of drug-likeness (QED) is 0.0713. The zero-order valence-electron chi connectivity index (χ0n) is 24.5. The highest BCUT2D eigenvalue weighted by Crippen LogP contribution is 2.42. The van der Waals surface area contributed by atoms with E-state index in [1.807, 2.05) is 24.3 Å². The number of rotatable bonds is 13. The van der Waals surface area contributed by atoms with Crippen LogP contribution in [0, 0.1) is 5.82 Å². The van der Waals surface area contributed by atoms with Gasteiger partial charge in [-0.15, -0.1) is 0 Å². The third-order valence-electron chi connectivity index (χ3n) is 7.89. The third kappa shape index (κ3) is 7.39. The molecule has 0 saturated carbocycles. The van der Waals surface area contributed by atoms with E-state index in [1.54, 1.807) is 18.2 Å². The van der Waals surface area contributed by atoms with E-state index in [2.05, 4.69) is 31.9 Å². The molecule has 1 fully saturated rings. The van der Waals surface area contributed by atoms with Crippen LogP contribution in [0.5, 0.6) is 11.8 Å². The number of hydrogen-bond donors (Lipinski definition) is 1. The summed E-state index contributed by atoms with van der Waals surface area (Å²) in [5.74, 6) is 0.0951. The lowest BCUT2D eigenvalue weighted by Crippen LogP contribution is -2.30. The molecule has 0 atom stereocenters. The monoisotopic (exact) mass is 605 g/mol. The number of benzene rings is 3. The molecule has 1 aromatic heterocycles. The van der Waals surface area contributed by atoms with Gasteiger partial charge in [-0.2, -0.15) is 9.97 Å². The van der Waals surface area contributed by atoms with Crippen molar-refractivity contribution in [3.63, 3.8) is 0 Å². The fourth-order valence-electron chi connectivity index (χ4n) is 5.72. The van der Waals surface area contributed by atoms with Crippen molar-refractivity contribution in [2.75, 3.05) is 51.3 Å².